The Bertz CT molecular complexity index is 518. The first-order chi connectivity index (χ1) is 10.2. The molecule has 0 aromatic heterocycles. The number of benzene rings is 1. The van der Waals surface area contributed by atoms with Gasteiger partial charge in [0.25, 0.3) is 0 Å². The molecule has 2 heterocycles. The van der Waals surface area contributed by atoms with Crippen LogP contribution in [0.1, 0.15) is 18.0 Å². The third kappa shape index (κ3) is 3.40. The Morgan fingerprint density at radius 2 is 2.19 bits per heavy atom. The zero-order chi connectivity index (χ0) is 14.7. The quantitative estimate of drug-likeness (QED) is 0.799. The fraction of sp³-hybridized carbons (Fsp3) is 0.533. The highest BCUT2D eigenvalue weighted by atomic mass is 19.1. The van der Waals surface area contributed by atoms with Gasteiger partial charge in [-0.25, -0.2) is 4.39 Å². The van der Waals surface area contributed by atoms with E-state index in [-0.39, 0.29) is 11.7 Å². The van der Waals surface area contributed by atoms with Crippen molar-refractivity contribution in [1.29, 1.82) is 0 Å². The Morgan fingerprint density at radius 3 is 3.00 bits per heavy atom. The Balaban J connectivity index is 1.49. The molecule has 114 valence electrons. The van der Waals surface area contributed by atoms with Gasteiger partial charge in [0.15, 0.2) is 0 Å². The smallest absolute Gasteiger partial charge is 0.246 e. The largest absolute Gasteiger partial charge is 0.379 e. The molecule has 1 aromatic carbocycles. The average molecular weight is 293 g/mol. The van der Waals surface area contributed by atoms with Crippen LogP contribution in [0.4, 0.5) is 10.1 Å². The van der Waals surface area contributed by atoms with E-state index in [2.05, 4.69) is 15.5 Å². The Morgan fingerprint density at radius 1 is 1.38 bits per heavy atom. The van der Waals surface area contributed by atoms with Crippen molar-refractivity contribution < 1.29 is 13.9 Å². The second-order valence-electron chi connectivity index (χ2n) is 5.42. The van der Waals surface area contributed by atoms with E-state index in [9.17, 15) is 9.18 Å². The van der Waals surface area contributed by atoms with Crippen LogP contribution in [0, 0.1) is 5.82 Å². The van der Waals surface area contributed by atoms with Crippen LogP contribution < -0.4 is 10.6 Å². The molecule has 2 aliphatic rings. The van der Waals surface area contributed by atoms with E-state index in [1.807, 2.05) is 0 Å². The van der Waals surface area contributed by atoms with Gasteiger partial charge in [-0.05, 0) is 37.7 Å². The minimum Gasteiger partial charge on any atom is -0.379 e. The molecule has 1 atom stereocenters. The first-order valence-corrected chi connectivity index (χ1v) is 7.38. The molecule has 1 aromatic rings. The van der Waals surface area contributed by atoms with Crippen molar-refractivity contribution in [2.75, 3.05) is 44.7 Å². The second-order valence-corrected chi connectivity index (χ2v) is 5.42. The van der Waals surface area contributed by atoms with Gasteiger partial charge in [-0.1, -0.05) is 0 Å². The predicted molar refractivity (Wildman–Crippen MR) is 77.6 cm³/mol. The van der Waals surface area contributed by atoms with Gasteiger partial charge in [0.2, 0.25) is 5.91 Å². The molecule has 0 spiro atoms. The first-order valence-electron chi connectivity index (χ1n) is 7.38. The number of fused-ring (bicyclic) bond motifs is 1. The molecule has 0 aliphatic carbocycles. The van der Waals surface area contributed by atoms with Gasteiger partial charge >= 0.3 is 0 Å². The van der Waals surface area contributed by atoms with E-state index in [1.165, 1.54) is 12.1 Å². The maximum atomic E-state index is 13.3. The zero-order valence-electron chi connectivity index (χ0n) is 11.9. The third-order valence-corrected chi connectivity index (χ3v) is 3.95. The van der Waals surface area contributed by atoms with Crippen molar-refractivity contribution in [1.82, 2.24) is 10.2 Å². The highest BCUT2D eigenvalue weighted by Crippen LogP contribution is 2.31. The SMILES string of the molecule is O=C1Nc2ccc(F)cc2C1NCCCN1CCOCC1. The second kappa shape index (κ2) is 6.51. The Hall–Kier alpha value is -1.50. The fourth-order valence-electron chi connectivity index (χ4n) is 2.81. The van der Waals surface area contributed by atoms with Gasteiger partial charge in [-0.3, -0.25) is 9.69 Å². The summed E-state index contributed by atoms with van der Waals surface area (Å²) in [5.41, 5.74) is 1.40. The molecule has 1 fully saturated rings. The van der Waals surface area contributed by atoms with Crippen molar-refractivity contribution >= 4 is 11.6 Å². The summed E-state index contributed by atoms with van der Waals surface area (Å²) in [6.07, 6.45) is 0.953. The molecule has 5 nitrogen and oxygen atoms in total. The van der Waals surface area contributed by atoms with Gasteiger partial charge < -0.3 is 15.4 Å². The van der Waals surface area contributed by atoms with Gasteiger partial charge in [-0.2, -0.15) is 0 Å². The van der Waals surface area contributed by atoms with Gasteiger partial charge in [0.05, 0.1) is 13.2 Å². The summed E-state index contributed by atoms with van der Waals surface area (Å²) in [6, 6.07) is 3.95. The summed E-state index contributed by atoms with van der Waals surface area (Å²) in [7, 11) is 0. The van der Waals surface area contributed by atoms with E-state index in [1.54, 1.807) is 6.07 Å². The minimum absolute atomic E-state index is 0.109. The van der Waals surface area contributed by atoms with Crippen LogP contribution in [0.25, 0.3) is 0 Å². The Labute approximate surface area is 123 Å². The number of halogens is 1. The highest BCUT2D eigenvalue weighted by molar-refractivity contribution is 6.02. The number of ether oxygens (including phenoxy) is 1. The summed E-state index contributed by atoms with van der Waals surface area (Å²) in [4.78, 5) is 14.3. The van der Waals surface area contributed by atoms with Crippen LogP contribution in [-0.2, 0) is 9.53 Å². The summed E-state index contributed by atoms with van der Waals surface area (Å²) in [6.45, 7) is 5.25. The van der Waals surface area contributed by atoms with E-state index >= 15 is 0 Å². The van der Waals surface area contributed by atoms with E-state index in [0.717, 1.165) is 45.8 Å². The van der Waals surface area contributed by atoms with Crippen LogP contribution in [0.5, 0.6) is 0 Å². The summed E-state index contributed by atoms with van der Waals surface area (Å²) < 4.78 is 18.6. The van der Waals surface area contributed by atoms with Gasteiger partial charge in [0.1, 0.15) is 11.9 Å². The molecule has 1 unspecified atom stereocenters. The average Bonchev–Trinajstić information content (AvgIpc) is 2.80. The van der Waals surface area contributed by atoms with Gasteiger partial charge in [0, 0.05) is 24.3 Å². The lowest BCUT2D eigenvalue weighted by Crippen LogP contribution is -2.38. The van der Waals surface area contributed by atoms with Crippen LogP contribution in [-0.4, -0.2) is 50.2 Å². The van der Waals surface area contributed by atoms with Crippen LogP contribution in [0.3, 0.4) is 0 Å². The van der Waals surface area contributed by atoms with Crippen molar-refractivity contribution in [3.8, 4) is 0 Å². The number of hydrogen-bond donors (Lipinski definition) is 2. The molecular formula is C15H20FN3O2. The number of morpholine rings is 1. The van der Waals surface area contributed by atoms with Crippen molar-refractivity contribution in [3.05, 3.63) is 29.6 Å². The fourth-order valence-corrected chi connectivity index (χ4v) is 2.81. The van der Waals surface area contributed by atoms with Crippen molar-refractivity contribution in [2.24, 2.45) is 0 Å². The highest BCUT2D eigenvalue weighted by Gasteiger charge is 2.30. The molecule has 21 heavy (non-hydrogen) atoms. The molecule has 0 bridgehead atoms. The number of nitrogens with zero attached hydrogens (tertiary/aromatic N) is 1. The summed E-state index contributed by atoms with van der Waals surface area (Å²) >= 11 is 0. The third-order valence-electron chi connectivity index (χ3n) is 3.95. The summed E-state index contributed by atoms with van der Waals surface area (Å²) in [5.74, 6) is -0.424. The maximum absolute atomic E-state index is 13.3. The van der Waals surface area contributed by atoms with Crippen molar-refractivity contribution in [3.63, 3.8) is 0 Å². The molecule has 2 aliphatic heterocycles. The molecule has 1 amide bonds. The number of rotatable bonds is 5. The van der Waals surface area contributed by atoms with E-state index < -0.39 is 6.04 Å². The number of carbonyl (C=O) groups is 1. The molecule has 3 rings (SSSR count). The normalized spacial score (nSPS) is 22.1. The molecular weight excluding hydrogens is 273 g/mol. The molecule has 0 saturated carbocycles. The molecule has 1 saturated heterocycles. The number of carbonyl (C=O) groups excluding carboxylic acids is 1. The minimum atomic E-state index is -0.444. The lowest BCUT2D eigenvalue weighted by molar-refractivity contribution is -0.117. The topological polar surface area (TPSA) is 53.6 Å². The van der Waals surface area contributed by atoms with Crippen LogP contribution in [0.2, 0.25) is 0 Å². The number of anilines is 1. The number of amides is 1. The standard InChI is InChI=1S/C15H20FN3O2/c16-11-2-3-13-12(10-11)14(15(20)18-13)17-4-1-5-19-6-8-21-9-7-19/h2-3,10,14,17H,1,4-9H2,(H,18,20). The van der Waals surface area contributed by atoms with Crippen LogP contribution in [0.15, 0.2) is 18.2 Å². The monoisotopic (exact) mass is 293 g/mol. The molecule has 6 heteroatoms. The molecule has 2 N–H and O–H groups in total. The van der Waals surface area contributed by atoms with E-state index in [4.69, 9.17) is 4.74 Å². The number of hydrogen-bond acceptors (Lipinski definition) is 4. The molecule has 0 radical (unpaired) electrons. The van der Waals surface area contributed by atoms with Crippen molar-refractivity contribution in [2.45, 2.75) is 12.5 Å². The Kier molecular flexibility index (Phi) is 4.48. The van der Waals surface area contributed by atoms with E-state index in [0.29, 0.717) is 11.3 Å². The summed E-state index contributed by atoms with van der Waals surface area (Å²) in [5, 5.41) is 5.99. The zero-order valence-corrected chi connectivity index (χ0v) is 11.9. The maximum Gasteiger partial charge on any atom is 0.246 e. The lowest BCUT2D eigenvalue weighted by Gasteiger charge is -2.26. The lowest BCUT2D eigenvalue weighted by atomic mass is 10.1. The first kappa shape index (κ1) is 14.4. The van der Waals surface area contributed by atoms with Gasteiger partial charge in [-0.15, -0.1) is 0 Å². The van der Waals surface area contributed by atoms with Crippen LogP contribution >= 0.6 is 0 Å². The number of nitrogens with one attached hydrogen (secondary N) is 2. The predicted octanol–water partition coefficient (Wildman–Crippen LogP) is 1.13.